The van der Waals surface area contributed by atoms with Crippen molar-refractivity contribution in [3.05, 3.63) is 47.5 Å². The van der Waals surface area contributed by atoms with Crippen molar-refractivity contribution in [2.24, 2.45) is 0 Å². The summed E-state index contributed by atoms with van der Waals surface area (Å²) >= 11 is 0. The Kier molecular flexibility index (Phi) is 6.44. The Labute approximate surface area is 163 Å². The lowest BCUT2D eigenvalue weighted by Gasteiger charge is -2.12. The van der Waals surface area contributed by atoms with Crippen LogP contribution in [0.2, 0.25) is 0 Å². The summed E-state index contributed by atoms with van der Waals surface area (Å²) < 4.78 is 67.3. The lowest BCUT2D eigenvalue weighted by Crippen LogP contribution is -2.10. The number of benzene rings is 2. The summed E-state index contributed by atoms with van der Waals surface area (Å²) in [6.07, 6.45) is 0. The van der Waals surface area contributed by atoms with Gasteiger partial charge in [0.2, 0.25) is 0 Å². The number of carbonyl (C=O) groups is 1. The summed E-state index contributed by atoms with van der Waals surface area (Å²) in [7, 11) is -3.77. The van der Waals surface area contributed by atoms with E-state index in [2.05, 4.69) is 8.37 Å². The molecule has 0 spiro atoms. The molecule has 0 unspecified atom stereocenters. The molecule has 9 nitrogen and oxygen atoms in total. The molecule has 0 aliphatic carbocycles. The van der Waals surface area contributed by atoms with Crippen LogP contribution in [0.25, 0.3) is 0 Å². The van der Waals surface area contributed by atoms with Gasteiger partial charge in [-0.1, -0.05) is 0 Å². The fourth-order valence-corrected chi connectivity index (χ4v) is 4.07. The van der Waals surface area contributed by atoms with E-state index in [4.69, 9.17) is 9.47 Å². The molecule has 0 atom stereocenters. The van der Waals surface area contributed by atoms with E-state index in [1.54, 1.807) is 0 Å². The van der Waals surface area contributed by atoms with Gasteiger partial charge in [0.15, 0.2) is 5.78 Å². The third kappa shape index (κ3) is 4.17. The first-order chi connectivity index (χ1) is 13.1. The highest BCUT2D eigenvalue weighted by Crippen LogP contribution is 2.30. The summed E-state index contributed by atoms with van der Waals surface area (Å²) in [4.78, 5) is 12.2. The van der Waals surface area contributed by atoms with Gasteiger partial charge < -0.3 is 9.47 Å². The van der Waals surface area contributed by atoms with Crippen molar-refractivity contribution in [2.45, 2.75) is 9.79 Å². The van der Waals surface area contributed by atoms with Crippen molar-refractivity contribution in [1.29, 1.82) is 0 Å². The Morgan fingerprint density at radius 2 is 1.04 bits per heavy atom. The molecule has 2 aromatic carbocycles. The molecule has 152 valence electrons. The Morgan fingerprint density at radius 3 is 1.32 bits per heavy atom. The van der Waals surface area contributed by atoms with E-state index in [1.165, 1.54) is 38.5 Å². The van der Waals surface area contributed by atoms with E-state index in [1.807, 2.05) is 0 Å². The van der Waals surface area contributed by atoms with Crippen LogP contribution < -0.4 is 9.47 Å². The third-order valence-electron chi connectivity index (χ3n) is 3.83. The van der Waals surface area contributed by atoms with Gasteiger partial charge >= 0.3 is 0 Å². The van der Waals surface area contributed by atoms with Crippen molar-refractivity contribution in [2.75, 3.05) is 28.4 Å². The maximum Gasteiger partial charge on any atom is 0.300 e. The molecule has 0 saturated carbocycles. The molecule has 0 heterocycles. The minimum Gasteiger partial charge on any atom is -0.495 e. The standard InChI is InChI=1S/C17H18O9S2/c1-23-13-7-5-11(9-15(13)27(19,20)25-3)17(18)12-6-8-14(24-2)16(10-12)28(21,22)26-4/h5-10H,1-4H3. The highest BCUT2D eigenvalue weighted by molar-refractivity contribution is 7.87. The predicted octanol–water partition coefficient (Wildman–Crippen LogP) is 1.60. The van der Waals surface area contributed by atoms with Gasteiger partial charge in [-0.15, -0.1) is 0 Å². The Bertz CT molecular complexity index is 1020. The molecule has 0 amide bonds. The molecule has 0 radical (unpaired) electrons. The van der Waals surface area contributed by atoms with Gasteiger partial charge in [0.25, 0.3) is 20.2 Å². The normalized spacial score (nSPS) is 11.9. The van der Waals surface area contributed by atoms with Crippen LogP contribution in [-0.4, -0.2) is 51.1 Å². The number of methoxy groups -OCH3 is 2. The second-order valence-corrected chi connectivity index (χ2v) is 8.66. The zero-order chi connectivity index (χ0) is 21.1. The summed E-state index contributed by atoms with van der Waals surface area (Å²) in [5.41, 5.74) is -0.0234. The second-order valence-electron chi connectivity index (χ2n) is 5.30. The largest absolute Gasteiger partial charge is 0.495 e. The first kappa shape index (κ1) is 21.8. The molecule has 0 N–H and O–H groups in total. The Morgan fingerprint density at radius 1 is 0.679 bits per heavy atom. The lowest BCUT2D eigenvalue weighted by molar-refractivity contribution is 0.103. The van der Waals surface area contributed by atoms with Gasteiger partial charge in [0.05, 0.1) is 28.4 Å². The van der Waals surface area contributed by atoms with E-state index < -0.39 is 26.0 Å². The van der Waals surface area contributed by atoms with Gasteiger partial charge in [-0.05, 0) is 36.4 Å². The van der Waals surface area contributed by atoms with Crippen LogP contribution >= 0.6 is 0 Å². The molecule has 2 aromatic rings. The number of rotatable bonds is 8. The van der Waals surface area contributed by atoms with Crippen molar-refractivity contribution in [3.8, 4) is 11.5 Å². The zero-order valence-electron chi connectivity index (χ0n) is 15.5. The number of hydrogen-bond acceptors (Lipinski definition) is 9. The molecule has 0 bridgehead atoms. The number of ether oxygens (including phenoxy) is 2. The smallest absolute Gasteiger partial charge is 0.300 e. The van der Waals surface area contributed by atoms with Crippen LogP contribution in [0.3, 0.4) is 0 Å². The summed E-state index contributed by atoms with van der Waals surface area (Å²) in [6, 6.07) is 7.49. The van der Waals surface area contributed by atoms with E-state index in [0.717, 1.165) is 26.4 Å². The molecule has 28 heavy (non-hydrogen) atoms. The number of carbonyl (C=O) groups excluding carboxylic acids is 1. The topological polar surface area (TPSA) is 122 Å². The van der Waals surface area contributed by atoms with Crippen LogP contribution in [-0.2, 0) is 28.6 Å². The molecular weight excluding hydrogens is 412 g/mol. The average molecular weight is 430 g/mol. The lowest BCUT2D eigenvalue weighted by atomic mass is 10.0. The van der Waals surface area contributed by atoms with Crippen molar-refractivity contribution in [1.82, 2.24) is 0 Å². The van der Waals surface area contributed by atoms with Crippen molar-refractivity contribution >= 4 is 26.0 Å². The second kappa shape index (κ2) is 8.27. The molecule has 0 aromatic heterocycles. The van der Waals surface area contributed by atoms with Gasteiger partial charge in [-0.25, -0.2) is 0 Å². The first-order valence-corrected chi connectivity index (χ1v) is 10.4. The van der Waals surface area contributed by atoms with Gasteiger partial charge in [-0.2, -0.15) is 16.8 Å². The van der Waals surface area contributed by atoms with Crippen LogP contribution in [0.4, 0.5) is 0 Å². The van der Waals surface area contributed by atoms with Gasteiger partial charge in [-0.3, -0.25) is 13.2 Å². The quantitative estimate of drug-likeness (QED) is 0.454. The average Bonchev–Trinajstić information content (AvgIpc) is 2.72. The number of hydrogen-bond donors (Lipinski definition) is 0. The highest BCUT2D eigenvalue weighted by atomic mass is 32.2. The van der Waals surface area contributed by atoms with E-state index in [0.29, 0.717) is 0 Å². The van der Waals surface area contributed by atoms with E-state index in [-0.39, 0.29) is 32.4 Å². The predicted molar refractivity (Wildman–Crippen MR) is 97.8 cm³/mol. The molecule has 0 aliphatic heterocycles. The summed E-state index contributed by atoms with van der Waals surface area (Å²) in [6.45, 7) is 0. The highest BCUT2D eigenvalue weighted by Gasteiger charge is 2.24. The monoisotopic (exact) mass is 430 g/mol. The third-order valence-corrected chi connectivity index (χ3v) is 6.42. The molecular formula is C17H18O9S2. The van der Waals surface area contributed by atoms with Crippen molar-refractivity contribution in [3.63, 3.8) is 0 Å². The molecule has 0 aliphatic rings. The molecule has 0 saturated heterocycles. The number of ketones is 1. The van der Waals surface area contributed by atoms with Crippen LogP contribution in [0.5, 0.6) is 11.5 Å². The minimum absolute atomic E-state index is 0.00391. The zero-order valence-corrected chi connectivity index (χ0v) is 17.1. The Hall–Kier alpha value is -2.47. The SMILES string of the molecule is COc1ccc(C(=O)c2ccc(OC)c(S(=O)(=O)OC)c2)cc1S(=O)(=O)OC. The van der Waals surface area contributed by atoms with Crippen molar-refractivity contribution < 1.29 is 39.5 Å². The molecule has 2 rings (SSSR count). The fraction of sp³-hybridized carbons (Fsp3) is 0.235. The van der Waals surface area contributed by atoms with Crippen LogP contribution in [0, 0.1) is 0 Å². The maximum absolute atomic E-state index is 12.8. The minimum atomic E-state index is -4.14. The Balaban J connectivity index is 2.62. The van der Waals surface area contributed by atoms with Gasteiger partial charge in [0, 0.05) is 11.1 Å². The summed E-state index contributed by atoms with van der Waals surface area (Å²) in [5, 5.41) is 0. The van der Waals surface area contributed by atoms with Crippen LogP contribution in [0.1, 0.15) is 15.9 Å². The summed E-state index contributed by atoms with van der Waals surface area (Å²) in [5.74, 6) is -0.628. The van der Waals surface area contributed by atoms with E-state index >= 15 is 0 Å². The maximum atomic E-state index is 12.8. The first-order valence-electron chi connectivity index (χ1n) is 7.63. The van der Waals surface area contributed by atoms with E-state index in [9.17, 15) is 21.6 Å². The molecule has 0 fully saturated rings. The van der Waals surface area contributed by atoms with Gasteiger partial charge in [0.1, 0.15) is 21.3 Å². The van der Waals surface area contributed by atoms with Crippen LogP contribution in [0.15, 0.2) is 46.2 Å². The molecule has 11 heteroatoms. The fourth-order valence-electron chi connectivity index (χ4n) is 2.37.